The number of hydrogen-bond acceptors (Lipinski definition) is 4. The topological polar surface area (TPSA) is 71.0 Å². The lowest BCUT2D eigenvalue weighted by molar-refractivity contribution is -0.134. The molecule has 24 heavy (non-hydrogen) atoms. The third kappa shape index (κ3) is 4.13. The van der Waals surface area contributed by atoms with Crippen LogP contribution in [0.5, 0.6) is 0 Å². The number of nitrogens with zero attached hydrogens (tertiary/aromatic N) is 2. The standard InChI is InChI=1S/C18H23N3O3/c1-13-10-16(20-24-13)19-18(23)15-8-5-9-21(12-15)17(22)11-14-6-3-2-4-7-14/h2-4,6-7,13,15H,5,8-12H2,1H3,(H,19,20,23)/t13-,15+/m0/s1. The number of nitrogens with one attached hydrogen (secondary N) is 1. The van der Waals surface area contributed by atoms with E-state index >= 15 is 0 Å². The fraction of sp³-hybridized carbons (Fsp3) is 0.500. The van der Waals surface area contributed by atoms with Gasteiger partial charge in [0, 0.05) is 19.5 Å². The highest BCUT2D eigenvalue weighted by Gasteiger charge is 2.30. The molecule has 1 aromatic rings. The van der Waals surface area contributed by atoms with Crippen LogP contribution in [0.4, 0.5) is 0 Å². The maximum Gasteiger partial charge on any atom is 0.230 e. The van der Waals surface area contributed by atoms with E-state index in [9.17, 15) is 9.59 Å². The van der Waals surface area contributed by atoms with Gasteiger partial charge in [0.2, 0.25) is 11.8 Å². The third-order valence-electron chi connectivity index (χ3n) is 4.43. The Bertz CT molecular complexity index is 630. The molecule has 128 valence electrons. The van der Waals surface area contributed by atoms with Gasteiger partial charge in [-0.05, 0) is 25.3 Å². The first-order valence-electron chi connectivity index (χ1n) is 8.47. The molecule has 6 nitrogen and oxygen atoms in total. The number of rotatable bonds is 3. The second-order valence-corrected chi connectivity index (χ2v) is 6.49. The van der Waals surface area contributed by atoms with Crippen LogP contribution >= 0.6 is 0 Å². The van der Waals surface area contributed by atoms with Gasteiger partial charge in [0.15, 0.2) is 5.84 Å². The van der Waals surface area contributed by atoms with E-state index in [1.165, 1.54) is 0 Å². The van der Waals surface area contributed by atoms with Crippen molar-refractivity contribution in [3.63, 3.8) is 0 Å². The quantitative estimate of drug-likeness (QED) is 0.917. The lowest BCUT2D eigenvalue weighted by atomic mass is 9.96. The van der Waals surface area contributed by atoms with Crippen molar-refractivity contribution in [1.82, 2.24) is 10.2 Å². The molecule has 0 aromatic heterocycles. The summed E-state index contributed by atoms with van der Waals surface area (Å²) >= 11 is 0. The van der Waals surface area contributed by atoms with Crippen LogP contribution in [0.15, 0.2) is 35.5 Å². The molecule has 0 spiro atoms. The summed E-state index contributed by atoms with van der Waals surface area (Å²) in [4.78, 5) is 31.8. The van der Waals surface area contributed by atoms with Crippen LogP contribution in [-0.4, -0.2) is 41.7 Å². The van der Waals surface area contributed by atoms with Gasteiger partial charge in [0.25, 0.3) is 0 Å². The van der Waals surface area contributed by atoms with Crippen LogP contribution in [0.3, 0.4) is 0 Å². The molecule has 1 saturated heterocycles. The Morgan fingerprint density at radius 3 is 2.83 bits per heavy atom. The van der Waals surface area contributed by atoms with E-state index in [-0.39, 0.29) is 23.8 Å². The second-order valence-electron chi connectivity index (χ2n) is 6.49. The summed E-state index contributed by atoms with van der Waals surface area (Å²) in [7, 11) is 0. The normalized spacial score (nSPS) is 23.4. The predicted molar refractivity (Wildman–Crippen MR) is 90.2 cm³/mol. The Morgan fingerprint density at radius 2 is 2.12 bits per heavy atom. The zero-order valence-corrected chi connectivity index (χ0v) is 13.9. The van der Waals surface area contributed by atoms with Gasteiger partial charge in [-0.3, -0.25) is 9.59 Å². The molecule has 2 aliphatic rings. The Hall–Kier alpha value is -2.37. The summed E-state index contributed by atoms with van der Waals surface area (Å²) in [5.74, 6) is 0.412. The summed E-state index contributed by atoms with van der Waals surface area (Å²) in [6.07, 6.45) is 2.65. The molecular weight excluding hydrogens is 306 g/mol. The molecule has 2 heterocycles. The molecule has 2 atom stereocenters. The highest BCUT2D eigenvalue weighted by atomic mass is 16.6. The third-order valence-corrected chi connectivity index (χ3v) is 4.43. The molecule has 0 bridgehead atoms. The van der Waals surface area contributed by atoms with Gasteiger partial charge in [0.1, 0.15) is 6.10 Å². The summed E-state index contributed by atoms with van der Waals surface area (Å²) in [6.45, 7) is 3.10. The van der Waals surface area contributed by atoms with Crippen molar-refractivity contribution in [3.05, 3.63) is 35.9 Å². The number of carbonyl (C=O) groups is 2. The molecule has 2 aliphatic heterocycles. The molecule has 0 unspecified atom stereocenters. The van der Waals surface area contributed by atoms with Crippen molar-refractivity contribution in [2.75, 3.05) is 13.1 Å². The Balaban J connectivity index is 1.53. The van der Waals surface area contributed by atoms with Gasteiger partial charge in [-0.25, -0.2) is 0 Å². The Morgan fingerprint density at radius 1 is 1.33 bits per heavy atom. The van der Waals surface area contributed by atoms with Crippen LogP contribution in [-0.2, 0) is 20.8 Å². The largest absolute Gasteiger partial charge is 0.391 e. The zero-order chi connectivity index (χ0) is 16.9. The summed E-state index contributed by atoms with van der Waals surface area (Å²) in [6, 6.07) is 9.70. The van der Waals surface area contributed by atoms with E-state index in [1.54, 1.807) is 4.90 Å². The lowest BCUT2D eigenvalue weighted by Crippen LogP contribution is -2.47. The molecule has 1 aromatic carbocycles. The molecule has 1 N–H and O–H groups in total. The number of hydrogen-bond donors (Lipinski definition) is 1. The Kier molecular flexibility index (Phi) is 5.13. The van der Waals surface area contributed by atoms with E-state index in [0.29, 0.717) is 25.2 Å². The number of likely N-dealkylation sites (tertiary alicyclic amines) is 1. The van der Waals surface area contributed by atoms with Gasteiger partial charge < -0.3 is 15.1 Å². The predicted octanol–water partition coefficient (Wildman–Crippen LogP) is 1.71. The molecule has 3 rings (SSSR count). The van der Waals surface area contributed by atoms with Crippen molar-refractivity contribution in [1.29, 1.82) is 0 Å². The average molecular weight is 329 g/mol. The summed E-state index contributed by atoms with van der Waals surface area (Å²) < 4.78 is 0. The van der Waals surface area contributed by atoms with Gasteiger partial charge in [-0.1, -0.05) is 35.5 Å². The molecule has 0 radical (unpaired) electrons. The number of amidine groups is 1. The van der Waals surface area contributed by atoms with E-state index in [1.807, 2.05) is 37.3 Å². The minimum absolute atomic E-state index is 0.00982. The molecule has 2 amide bonds. The SMILES string of the molecule is C[C@H]1CC(NC(=O)[C@@H]2CCCN(C(=O)Cc3ccccc3)C2)=NO1. The maximum atomic E-state index is 12.5. The van der Waals surface area contributed by atoms with Crippen LogP contribution < -0.4 is 5.32 Å². The van der Waals surface area contributed by atoms with Gasteiger partial charge in [-0.2, -0.15) is 0 Å². The molecule has 6 heteroatoms. The van der Waals surface area contributed by atoms with Crippen LogP contribution in [0, 0.1) is 5.92 Å². The molecule has 0 saturated carbocycles. The summed E-state index contributed by atoms with van der Waals surface area (Å²) in [5, 5.41) is 6.70. The monoisotopic (exact) mass is 329 g/mol. The van der Waals surface area contributed by atoms with Crippen molar-refractivity contribution >= 4 is 17.6 Å². The fourth-order valence-corrected chi connectivity index (χ4v) is 3.12. The molecule has 0 aliphatic carbocycles. The number of amides is 2. The minimum atomic E-state index is -0.183. The van der Waals surface area contributed by atoms with Crippen molar-refractivity contribution < 1.29 is 14.4 Å². The van der Waals surface area contributed by atoms with E-state index in [4.69, 9.17) is 4.84 Å². The fourth-order valence-electron chi connectivity index (χ4n) is 3.12. The zero-order valence-electron chi connectivity index (χ0n) is 13.9. The first-order chi connectivity index (χ1) is 11.6. The van der Waals surface area contributed by atoms with E-state index in [0.717, 1.165) is 24.9 Å². The van der Waals surface area contributed by atoms with Gasteiger partial charge in [-0.15, -0.1) is 0 Å². The highest BCUT2D eigenvalue weighted by molar-refractivity contribution is 5.99. The van der Waals surface area contributed by atoms with Crippen molar-refractivity contribution in [3.8, 4) is 0 Å². The highest BCUT2D eigenvalue weighted by Crippen LogP contribution is 2.18. The van der Waals surface area contributed by atoms with Crippen molar-refractivity contribution in [2.45, 2.75) is 38.7 Å². The van der Waals surface area contributed by atoms with Gasteiger partial charge in [0.05, 0.1) is 12.3 Å². The van der Waals surface area contributed by atoms with Gasteiger partial charge >= 0.3 is 0 Å². The first kappa shape index (κ1) is 16.5. The number of piperidine rings is 1. The summed E-state index contributed by atoms with van der Waals surface area (Å²) in [5.41, 5.74) is 1.00. The molecule has 1 fully saturated rings. The number of oxime groups is 1. The Labute approximate surface area is 141 Å². The smallest absolute Gasteiger partial charge is 0.230 e. The van der Waals surface area contributed by atoms with Crippen LogP contribution in [0.25, 0.3) is 0 Å². The number of carbonyl (C=O) groups excluding carboxylic acids is 2. The second kappa shape index (κ2) is 7.47. The van der Waals surface area contributed by atoms with Crippen molar-refractivity contribution in [2.24, 2.45) is 11.1 Å². The first-order valence-corrected chi connectivity index (χ1v) is 8.47. The molecular formula is C18H23N3O3. The number of benzene rings is 1. The van der Waals surface area contributed by atoms with Crippen LogP contribution in [0.2, 0.25) is 0 Å². The van der Waals surface area contributed by atoms with E-state index in [2.05, 4.69) is 10.5 Å². The van der Waals surface area contributed by atoms with Crippen LogP contribution in [0.1, 0.15) is 31.7 Å². The lowest BCUT2D eigenvalue weighted by Gasteiger charge is -2.32. The minimum Gasteiger partial charge on any atom is -0.391 e. The average Bonchev–Trinajstić information content (AvgIpc) is 3.00. The maximum absolute atomic E-state index is 12.5. The van der Waals surface area contributed by atoms with E-state index < -0.39 is 0 Å².